The smallest absolute Gasteiger partial charge is 0.237 e. The van der Waals surface area contributed by atoms with Crippen molar-refractivity contribution in [2.75, 3.05) is 0 Å². The average Bonchev–Trinajstić information content (AvgIpc) is 2.20. The molecule has 0 heterocycles. The van der Waals surface area contributed by atoms with Crippen LogP contribution in [0.5, 0.6) is 0 Å². The number of carbonyl (C=O) groups excluding carboxylic acids is 1. The van der Waals surface area contributed by atoms with Crippen molar-refractivity contribution in [1.29, 1.82) is 0 Å². The Morgan fingerprint density at radius 2 is 1.67 bits per heavy atom. The molecular weight excluding hydrogens is 248 g/mol. The molecule has 0 aliphatic heterocycles. The number of carbonyl (C=O) groups is 1. The van der Waals surface area contributed by atoms with E-state index in [4.69, 9.17) is 5.73 Å². The van der Waals surface area contributed by atoms with Gasteiger partial charge in [0.1, 0.15) is 0 Å². The largest absolute Gasteiger partial charge is 0.352 e. The molecule has 1 amide bonds. The molecule has 0 aromatic rings. The van der Waals surface area contributed by atoms with Gasteiger partial charge >= 0.3 is 0 Å². The normalized spacial score (nSPS) is 19.6. The number of halogens is 1. The summed E-state index contributed by atoms with van der Waals surface area (Å²) in [6, 6.07) is 0.0291. The molecule has 0 radical (unpaired) electrons. The van der Waals surface area contributed by atoms with E-state index in [0.717, 1.165) is 19.3 Å². The van der Waals surface area contributed by atoms with Crippen molar-refractivity contribution in [3.05, 3.63) is 0 Å². The standard InChI is InChI=1S/C14H28N2O.ClH/c1-11(2)10-13(15)14(17)16-12-8-6-4-3-5-7-9-12;/h11-13H,3-10,15H2,1-2H3,(H,16,17);1H/t13-;/m0./s1. The van der Waals surface area contributed by atoms with Gasteiger partial charge in [-0.3, -0.25) is 4.79 Å². The van der Waals surface area contributed by atoms with E-state index in [-0.39, 0.29) is 24.4 Å². The van der Waals surface area contributed by atoms with E-state index < -0.39 is 0 Å². The lowest BCUT2D eigenvalue weighted by Gasteiger charge is -2.23. The molecule has 3 N–H and O–H groups in total. The zero-order chi connectivity index (χ0) is 12.7. The van der Waals surface area contributed by atoms with Gasteiger partial charge in [-0.05, 0) is 25.2 Å². The Morgan fingerprint density at radius 3 is 2.17 bits per heavy atom. The van der Waals surface area contributed by atoms with E-state index in [0.29, 0.717) is 12.0 Å². The number of hydrogen-bond acceptors (Lipinski definition) is 2. The molecule has 0 saturated heterocycles. The molecule has 1 rings (SSSR count). The molecule has 3 nitrogen and oxygen atoms in total. The summed E-state index contributed by atoms with van der Waals surface area (Å²) in [6.07, 6.45) is 9.48. The maximum atomic E-state index is 11.9. The molecule has 0 unspecified atom stereocenters. The zero-order valence-electron chi connectivity index (χ0n) is 11.8. The van der Waals surface area contributed by atoms with Crippen molar-refractivity contribution in [2.45, 2.75) is 77.3 Å². The second kappa shape index (κ2) is 9.62. The lowest BCUT2D eigenvalue weighted by atomic mass is 9.96. The first kappa shape index (κ1) is 17.7. The van der Waals surface area contributed by atoms with Gasteiger partial charge in [0, 0.05) is 6.04 Å². The molecule has 0 aromatic heterocycles. The molecule has 0 bridgehead atoms. The van der Waals surface area contributed by atoms with Crippen LogP contribution < -0.4 is 11.1 Å². The van der Waals surface area contributed by atoms with Crippen LogP contribution in [-0.4, -0.2) is 18.0 Å². The van der Waals surface area contributed by atoms with Gasteiger partial charge < -0.3 is 11.1 Å². The summed E-state index contributed by atoms with van der Waals surface area (Å²) < 4.78 is 0. The van der Waals surface area contributed by atoms with E-state index >= 15 is 0 Å². The highest BCUT2D eigenvalue weighted by molar-refractivity contribution is 5.85. The molecule has 108 valence electrons. The van der Waals surface area contributed by atoms with Crippen molar-refractivity contribution in [3.8, 4) is 0 Å². The van der Waals surface area contributed by atoms with Crippen LogP contribution in [0, 0.1) is 5.92 Å². The van der Waals surface area contributed by atoms with Crippen LogP contribution in [0.4, 0.5) is 0 Å². The van der Waals surface area contributed by atoms with Crippen molar-refractivity contribution in [3.63, 3.8) is 0 Å². The first-order valence-corrected chi connectivity index (χ1v) is 7.15. The van der Waals surface area contributed by atoms with Gasteiger partial charge in [0.2, 0.25) is 5.91 Å². The predicted octanol–water partition coefficient (Wildman–Crippen LogP) is 3.01. The summed E-state index contributed by atoms with van der Waals surface area (Å²) in [7, 11) is 0. The van der Waals surface area contributed by atoms with E-state index in [9.17, 15) is 4.79 Å². The lowest BCUT2D eigenvalue weighted by Crippen LogP contribution is -2.46. The Kier molecular flexibility index (Phi) is 9.47. The van der Waals surface area contributed by atoms with Crippen LogP contribution in [0.1, 0.15) is 65.2 Å². The fourth-order valence-corrected chi connectivity index (χ4v) is 2.52. The van der Waals surface area contributed by atoms with Crippen molar-refractivity contribution in [1.82, 2.24) is 5.32 Å². The molecule has 0 aromatic carbocycles. The Balaban J connectivity index is 0.00000289. The van der Waals surface area contributed by atoms with Crippen molar-refractivity contribution in [2.24, 2.45) is 11.7 Å². The number of hydrogen-bond donors (Lipinski definition) is 2. The minimum Gasteiger partial charge on any atom is -0.352 e. The van der Waals surface area contributed by atoms with Crippen LogP contribution in [-0.2, 0) is 4.79 Å². The third-order valence-corrected chi connectivity index (χ3v) is 3.51. The van der Waals surface area contributed by atoms with Crippen LogP contribution in [0.2, 0.25) is 0 Å². The number of nitrogens with two attached hydrogens (primary N) is 1. The fourth-order valence-electron chi connectivity index (χ4n) is 2.52. The van der Waals surface area contributed by atoms with Crippen molar-refractivity contribution < 1.29 is 4.79 Å². The van der Waals surface area contributed by atoms with Crippen molar-refractivity contribution >= 4 is 18.3 Å². The third-order valence-electron chi connectivity index (χ3n) is 3.51. The third kappa shape index (κ3) is 7.22. The highest BCUT2D eigenvalue weighted by Crippen LogP contribution is 2.17. The SMILES string of the molecule is CC(C)C[C@H](N)C(=O)NC1CCCCCCC1.Cl. The van der Waals surface area contributed by atoms with Gasteiger partial charge in [0.15, 0.2) is 0 Å². The average molecular weight is 277 g/mol. The lowest BCUT2D eigenvalue weighted by molar-refractivity contribution is -0.123. The molecule has 0 spiro atoms. The summed E-state index contributed by atoms with van der Waals surface area (Å²) in [6.45, 7) is 4.20. The Bertz CT molecular complexity index is 226. The molecule has 1 aliphatic carbocycles. The highest BCUT2D eigenvalue weighted by Gasteiger charge is 2.19. The van der Waals surface area contributed by atoms with Gasteiger partial charge in [-0.2, -0.15) is 0 Å². The van der Waals surface area contributed by atoms with Gasteiger partial charge in [-0.15, -0.1) is 12.4 Å². The summed E-state index contributed by atoms with van der Waals surface area (Å²) >= 11 is 0. The summed E-state index contributed by atoms with van der Waals surface area (Å²) in [5, 5.41) is 3.13. The zero-order valence-corrected chi connectivity index (χ0v) is 12.6. The van der Waals surface area contributed by atoms with Gasteiger partial charge in [0.25, 0.3) is 0 Å². The monoisotopic (exact) mass is 276 g/mol. The highest BCUT2D eigenvalue weighted by atomic mass is 35.5. The van der Waals surface area contributed by atoms with Crippen LogP contribution in [0.25, 0.3) is 0 Å². The second-order valence-corrected chi connectivity index (χ2v) is 5.79. The fraction of sp³-hybridized carbons (Fsp3) is 0.929. The molecular formula is C14H29ClN2O. The van der Waals surface area contributed by atoms with Gasteiger partial charge in [0.05, 0.1) is 6.04 Å². The summed E-state index contributed by atoms with van der Waals surface area (Å²) in [5.41, 5.74) is 5.89. The van der Waals surface area contributed by atoms with E-state index in [2.05, 4.69) is 19.2 Å². The van der Waals surface area contributed by atoms with Gasteiger partial charge in [-0.1, -0.05) is 46.0 Å². The maximum absolute atomic E-state index is 11.9. The Morgan fingerprint density at radius 1 is 1.17 bits per heavy atom. The number of rotatable bonds is 4. The molecule has 18 heavy (non-hydrogen) atoms. The minimum absolute atomic E-state index is 0. The molecule has 4 heteroatoms. The first-order chi connectivity index (χ1) is 8.09. The quantitative estimate of drug-likeness (QED) is 0.829. The van der Waals surface area contributed by atoms with E-state index in [1.165, 1.54) is 32.1 Å². The van der Waals surface area contributed by atoms with Crippen LogP contribution in [0.3, 0.4) is 0 Å². The van der Waals surface area contributed by atoms with Crippen LogP contribution in [0.15, 0.2) is 0 Å². The minimum atomic E-state index is -0.333. The van der Waals surface area contributed by atoms with E-state index in [1.807, 2.05) is 0 Å². The summed E-state index contributed by atoms with van der Waals surface area (Å²) in [5.74, 6) is 0.525. The molecule has 1 saturated carbocycles. The molecule has 1 fully saturated rings. The van der Waals surface area contributed by atoms with Crippen LogP contribution >= 0.6 is 12.4 Å². The molecule has 1 aliphatic rings. The predicted molar refractivity (Wildman–Crippen MR) is 78.9 cm³/mol. The Hall–Kier alpha value is -0.280. The summed E-state index contributed by atoms with van der Waals surface area (Å²) in [4.78, 5) is 11.9. The second-order valence-electron chi connectivity index (χ2n) is 5.79. The Labute approximate surface area is 118 Å². The first-order valence-electron chi connectivity index (χ1n) is 7.15. The molecule has 1 atom stereocenters. The number of nitrogens with one attached hydrogen (secondary N) is 1. The van der Waals surface area contributed by atoms with E-state index in [1.54, 1.807) is 0 Å². The number of amides is 1. The van der Waals surface area contributed by atoms with Gasteiger partial charge in [-0.25, -0.2) is 0 Å². The topological polar surface area (TPSA) is 55.1 Å². The maximum Gasteiger partial charge on any atom is 0.237 e.